The van der Waals surface area contributed by atoms with Crippen molar-refractivity contribution >= 4 is 11.6 Å². The van der Waals surface area contributed by atoms with Crippen LogP contribution in [0.3, 0.4) is 0 Å². The highest BCUT2D eigenvalue weighted by molar-refractivity contribution is 5.43. The molecule has 0 spiro atoms. The van der Waals surface area contributed by atoms with Crippen LogP contribution in [0.4, 0.5) is 11.6 Å². The highest BCUT2D eigenvalue weighted by Gasteiger charge is 2.18. The summed E-state index contributed by atoms with van der Waals surface area (Å²) >= 11 is 0. The van der Waals surface area contributed by atoms with E-state index in [4.69, 9.17) is 0 Å². The van der Waals surface area contributed by atoms with Crippen LogP contribution in [0.1, 0.15) is 27.7 Å². The molecule has 1 heterocycles. The van der Waals surface area contributed by atoms with E-state index in [0.29, 0.717) is 6.54 Å². The van der Waals surface area contributed by atoms with Gasteiger partial charge >= 0.3 is 0 Å². The first-order valence-electron chi connectivity index (χ1n) is 5.99. The van der Waals surface area contributed by atoms with E-state index in [1.165, 1.54) is 0 Å². The van der Waals surface area contributed by atoms with Crippen molar-refractivity contribution in [2.45, 2.75) is 33.3 Å². The first-order valence-corrected chi connectivity index (χ1v) is 5.99. The summed E-state index contributed by atoms with van der Waals surface area (Å²) in [7, 11) is 0. The van der Waals surface area contributed by atoms with E-state index in [1.54, 1.807) is 26.2 Å². The van der Waals surface area contributed by atoms with Gasteiger partial charge in [0.25, 0.3) is 0 Å². The molecule has 1 aromatic rings. The number of likely N-dealkylation sites (N-methyl/N-ethyl adjacent to an activating group) is 1. The maximum atomic E-state index is 9.85. The molecule has 96 valence electrons. The van der Waals surface area contributed by atoms with Crippen LogP contribution in [0.15, 0.2) is 12.4 Å². The molecule has 5 nitrogen and oxygen atoms in total. The highest BCUT2D eigenvalue weighted by Crippen LogP contribution is 2.15. The molecule has 2 N–H and O–H groups in total. The van der Waals surface area contributed by atoms with Gasteiger partial charge in [0.15, 0.2) is 0 Å². The van der Waals surface area contributed by atoms with Gasteiger partial charge in [-0.3, -0.25) is 4.98 Å². The molecular formula is C12H22N4O. The van der Waals surface area contributed by atoms with E-state index in [2.05, 4.69) is 15.3 Å². The fraction of sp³-hybridized carbons (Fsp3) is 0.667. The lowest BCUT2D eigenvalue weighted by atomic mass is 10.1. The first-order chi connectivity index (χ1) is 7.96. The first kappa shape index (κ1) is 13.7. The van der Waals surface area contributed by atoms with Crippen molar-refractivity contribution in [3.05, 3.63) is 12.4 Å². The van der Waals surface area contributed by atoms with E-state index in [0.717, 1.165) is 24.7 Å². The highest BCUT2D eigenvalue weighted by atomic mass is 16.3. The van der Waals surface area contributed by atoms with E-state index < -0.39 is 5.60 Å². The molecule has 0 aliphatic carbocycles. The number of hydrogen-bond acceptors (Lipinski definition) is 5. The van der Waals surface area contributed by atoms with Crippen LogP contribution in [0.5, 0.6) is 0 Å². The third-order valence-corrected chi connectivity index (χ3v) is 2.26. The van der Waals surface area contributed by atoms with Crippen LogP contribution in [0, 0.1) is 0 Å². The second-order valence-corrected chi connectivity index (χ2v) is 4.62. The summed E-state index contributed by atoms with van der Waals surface area (Å²) in [4.78, 5) is 10.6. The Bertz CT molecular complexity index is 349. The minimum Gasteiger partial charge on any atom is -0.389 e. The maximum absolute atomic E-state index is 9.85. The van der Waals surface area contributed by atoms with E-state index in [1.807, 2.05) is 18.7 Å². The molecule has 0 amide bonds. The molecule has 17 heavy (non-hydrogen) atoms. The molecule has 0 bridgehead atoms. The average molecular weight is 238 g/mol. The normalized spacial score (nSPS) is 11.4. The SMILES string of the molecule is CCNc1cncc(N(CC)CC(C)(C)O)n1. The minimum atomic E-state index is -0.744. The Morgan fingerprint density at radius 2 is 2.06 bits per heavy atom. The fourth-order valence-corrected chi connectivity index (χ4v) is 1.60. The fourth-order valence-electron chi connectivity index (χ4n) is 1.60. The van der Waals surface area contributed by atoms with Crippen molar-refractivity contribution in [3.63, 3.8) is 0 Å². The zero-order valence-electron chi connectivity index (χ0n) is 11.1. The van der Waals surface area contributed by atoms with Crippen LogP contribution in [-0.4, -0.2) is 40.3 Å². The van der Waals surface area contributed by atoms with Crippen LogP contribution < -0.4 is 10.2 Å². The van der Waals surface area contributed by atoms with E-state index in [-0.39, 0.29) is 0 Å². The average Bonchev–Trinajstić information content (AvgIpc) is 2.25. The van der Waals surface area contributed by atoms with Crippen molar-refractivity contribution in [1.29, 1.82) is 0 Å². The zero-order chi connectivity index (χ0) is 12.9. The number of aromatic nitrogens is 2. The molecule has 0 atom stereocenters. The Morgan fingerprint density at radius 3 is 2.59 bits per heavy atom. The molecule has 0 aliphatic heterocycles. The van der Waals surface area contributed by atoms with E-state index in [9.17, 15) is 5.11 Å². The van der Waals surface area contributed by atoms with E-state index >= 15 is 0 Å². The van der Waals surface area contributed by atoms with Crippen molar-refractivity contribution in [1.82, 2.24) is 9.97 Å². The molecule has 0 aliphatic rings. The van der Waals surface area contributed by atoms with Crippen molar-refractivity contribution < 1.29 is 5.11 Å². The molecule has 0 unspecified atom stereocenters. The van der Waals surface area contributed by atoms with Crippen LogP contribution in [0.2, 0.25) is 0 Å². The summed E-state index contributed by atoms with van der Waals surface area (Å²) < 4.78 is 0. The summed E-state index contributed by atoms with van der Waals surface area (Å²) in [6.07, 6.45) is 3.42. The van der Waals surface area contributed by atoms with Gasteiger partial charge in [-0.15, -0.1) is 0 Å². The number of aliphatic hydroxyl groups is 1. The Hall–Kier alpha value is -1.36. The number of anilines is 2. The van der Waals surface area contributed by atoms with Gasteiger partial charge in [0.05, 0.1) is 18.0 Å². The van der Waals surface area contributed by atoms with Gasteiger partial charge in [-0.25, -0.2) is 4.98 Å². The van der Waals surface area contributed by atoms with Gasteiger partial charge in [-0.05, 0) is 27.7 Å². The van der Waals surface area contributed by atoms with Gasteiger partial charge in [-0.1, -0.05) is 0 Å². The molecule has 0 saturated heterocycles. The predicted octanol–water partition coefficient (Wildman–Crippen LogP) is 1.51. The maximum Gasteiger partial charge on any atom is 0.149 e. The summed E-state index contributed by atoms with van der Waals surface area (Å²) in [5.41, 5.74) is -0.744. The molecule has 5 heteroatoms. The topological polar surface area (TPSA) is 61.3 Å². The quantitative estimate of drug-likeness (QED) is 0.786. The molecular weight excluding hydrogens is 216 g/mol. The standard InChI is InChI=1S/C12H22N4O/c1-5-14-10-7-13-8-11(15-10)16(6-2)9-12(3,4)17/h7-8,17H,5-6,9H2,1-4H3,(H,14,15). The summed E-state index contributed by atoms with van der Waals surface area (Å²) in [5, 5.41) is 13.0. The van der Waals surface area contributed by atoms with Gasteiger partial charge in [0, 0.05) is 19.6 Å². The Kier molecular flexibility index (Phi) is 4.69. The van der Waals surface area contributed by atoms with Gasteiger partial charge in [0.2, 0.25) is 0 Å². The number of nitrogens with zero attached hydrogens (tertiary/aromatic N) is 3. The third-order valence-electron chi connectivity index (χ3n) is 2.26. The lowest BCUT2D eigenvalue weighted by molar-refractivity contribution is 0.0874. The number of hydrogen-bond donors (Lipinski definition) is 2. The molecule has 0 radical (unpaired) electrons. The summed E-state index contributed by atoms with van der Waals surface area (Å²) in [6.45, 7) is 9.77. The molecule has 0 fully saturated rings. The van der Waals surface area contributed by atoms with Crippen molar-refractivity contribution in [2.24, 2.45) is 0 Å². The van der Waals surface area contributed by atoms with Gasteiger partial charge in [0.1, 0.15) is 11.6 Å². The Labute approximate surface area is 103 Å². The minimum absolute atomic E-state index is 0.535. The summed E-state index contributed by atoms with van der Waals surface area (Å²) in [6, 6.07) is 0. The second kappa shape index (κ2) is 5.82. The smallest absolute Gasteiger partial charge is 0.149 e. The number of rotatable bonds is 6. The van der Waals surface area contributed by atoms with Crippen molar-refractivity contribution in [3.8, 4) is 0 Å². The molecule has 1 rings (SSSR count). The number of nitrogens with one attached hydrogen (secondary N) is 1. The zero-order valence-corrected chi connectivity index (χ0v) is 11.1. The van der Waals surface area contributed by atoms with Crippen molar-refractivity contribution in [2.75, 3.05) is 29.9 Å². The van der Waals surface area contributed by atoms with Gasteiger partial charge < -0.3 is 15.3 Å². The van der Waals surface area contributed by atoms with Crippen LogP contribution in [-0.2, 0) is 0 Å². The van der Waals surface area contributed by atoms with Crippen LogP contribution >= 0.6 is 0 Å². The predicted molar refractivity (Wildman–Crippen MR) is 70.4 cm³/mol. The molecule has 0 aromatic carbocycles. The summed E-state index contributed by atoms with van der Waals surface area (Å²) in [5.74, 6) is 1.55. The molecule has 1 aromatic heterocycles. The second-order valence-electron chi connectivity index (χ2n) is 4.62. The molecule has 0 saturated carbocycles. The largest absolute Gasteiger partial charge is 0.389 e. The lowest BCUT2D eigenvalue weighted by Gasteiger charge is -2.28. The lowest BCUT2D eigenvalue weighted by Crippen LogP contribution is -2.39. The van der Waals surface area contributed by atoms with Crippen LogP contribution in [0.25, 0.3) is 0 Å². The Balaban J connectivity index is 2.84. The monoisotopic (exact) mass is 238 g/mol. The Morgan fingerprint density at radius 1 is 1.35 bits per heavy atom. The van der Waals surface area contributed by atoms with Gasteiger partial charge in [-0.2, -0.15) is 0 Å². The third kappa shape index (κ3) is 4.56.